The van der Waals surface area contributed by atoms with Gasteiger partial charge in [0.1, 0.15) is 5.75 Å². The number of aromatic nitrogens is 3. The van der Waals surface area contributed by atoms with Crippen molar-refractivity contribution in [3.63, 3.8) is 0 Å². The van der Waals surface area contributed by atoms with Crippen LogP contribution >= 0.6 is 11.6 Å². The molecule has 0 saturated carbocycles. The Morgan fingerprint density at radius 1 is 1.26 bits per heavy atom. The Morgan fingerprint density at radius 3 is 2.74 bits per heavy atom. The van der Waals surface area contributed by atoms with Crippen LogP contribution in [0.1, 0.15) is 18.7 Å². The topological polar surface area (TPSA) is 51.1 Å². The average Bonchev–Trinajstić information content (AvgIpc) is 2.44. The number of rotatable bonds is 1. The van der Waals surface area contributed by atoms with E-state index in [0.717, 1.165) is 22.6 Å². The van der Waals surface area contributed by atoms with E-state index in [2.05, 4.69) is 21.9 Å². The maximum absolute atomic E-state index is 6.24. The molecule has 3 heterocycles. The highest BCUT2D eigenvalue weighted by Crippen LogP contribution is 2.48. The molecule has 0 aromatic carbocycles. The van der Waals surface area contributed by atoms with E-state index in [0.29, 0.717) is 10.9 Å². The molecule has 2 aromatic heterocycles. The van der Waals surface area contributed by atoms with Crippen molar-refractivity contribution in [3.8, 4) is 17.0 Å². The molecular formula is C13H13ClN4O. The third-order valence-electron chi connectivity index (χ3n) is 3.49. The zero-order valence-electron chi connectivity index (χ0n) is 10.9. The van der Waals surface area contributed by atoms with Crippen LogP contribution in [-0.2, 0) is 0 Å². The minimum atomic E-state index is 0.0857. The second-order valence-electron chi connectivity index (χ2n) is 4.42. The lowest BCUT2D eigenvalue weighted by Crippen LogP contribution is -2.28. The van der Waals surface area contributed by atoms with Gasteiger partial charge in [0.05, 0.1) is 42.0 Å². The maximum atomic E-state index is 6.24. The summed E-state index contributed by atoms with van der Waals surface area (Å²) in [4.78, 5) is 15.1. The van der Waals surface area contributed by atoms with Crippen LogP contribution in [0.25, 0.3) is 11.3 Å². The van der Waals surface area contributed by atoms with Gasteiger partial charge in [0.15, 0.2) is 5.15 Å². The Balaban J connectivity index is 2.39. The summed E-state index contributed by atoms with van der Waals surface area (Å²) in [5.41, 5.74) is 3.41. The lowest BCUT2D eigenvalue weighted by Gasteiger charge is -2.34. The molecule has 1 atom stereocenters. The first-order valence-electron chi connectivity index (χ1n) is 5.91. The highest BCUT2D eigenvalue weighted by Gasteiger charge is 2.32. The first-order valence-corrected chi connectivity index (χ1v) is 6.29. The van der Waals surface area contributed by atoms with Crippen molar-refractivity contribution in [1.82, 2.24) is 15.0 Å². The summed E-state index contributed by atoms with van der Waals surface area (Å²) in [5.74, 6) is 0.653. The molecule has 1 unspecified atom stereocenters. The molecule has 6 heteroatoms. The van der Waals surface area contributed by atoms with Gasteiger partial charge in [-0.1, -0.05) is 11.6 Å². The van der Waals surface area contributed by atoms with Gasteiger partial charge in [-0.05, 0) is 6.92 Å². The van der Waals surface area contributed by atoms with Gasteiger partial charge in [0.2, 0.25) is 0 Å². The average molecular weight is 277 g/mol. The Labute approximate surface area is 116 Å². The predicted molar refractivity (Wildman–Crippen MR) is 73.6 cm³/mol. The number of ether oxygens (including phenoxy) is 1. The highest BCUT2D eigenvalue weighted by atomic mass is 35.5. The smallest absolute Gasteiger partial charge is 0.153 e. The zero-order valence-corrected chi connectivity index (χ0v) is 11.6. The first-order chi connectivity index (χ1) is 9.15. The summed E-state index contributed by atoms with van der Waals surface area (Å²) >= 11 is 6.24. The van der Waals surface area contributed by atoms with E-state index in [1.807, 2.05) is 11.9 Å². The van der Waals surface area contributed by atoms with E-state index in [-0.39, 0.29) is 6.04 Å². The molecule has 0 spiro atoms. The van der Waals surface area contributed by atoms with Gasteiger partial charge >= 0.3 is 0 Å². The summed E-state index contributed by atoms with van der Waals surface area (Å²) in [5, 5.41) is 0.446. The summed E-state index contributed by atoms with van der Waals surface area (Å²) < 4.78 is 5.39. The fraction of sp³-hybridized carbons (Fsp3) is 0.308. The summed E-state index contributed by atoms with van der Waals surface area (Å²) in [6.45, 7) is 2.06. The number of methoxy groups -OCH3 is 1. The third kappa shape index (κ3) is 1.65. The second-order valence-corrected chi connectivity index (χ2v) is 4.78. The molecule has 0 fully saturated rings. The van der Waals surface area contributed by atoms with Crippen molar-refractivity contribution in [3.05, 3.63) is 29.4 Å². The first kappa shape index (κ1) is 12.2. The molecule has 0 saturated heterocycles. The molecule has 1 aliphatic heterocycles. The van der Waals surface area contributed by atoms with Crippen molar-refractivity contribution in [2.75, 3.05) is 19.1 Å². The number of fused-ring (bicyclic) bond motifs is 3. The van der Waals surface area contributed by atoms with Gasteiger partial charge in [0.25, 0.3) is 0 Å². The van der Waals surface area contributed by atoms with E-state index in [9.17, 15) is 0 Å². The number of hydrogen-bond donors (Lipinski definition) is 0. The van der Waals surface area contributed by atoms with Crippen LogP contribution < -0.4 is 9.64 Å². The van der Waals surface area contributed by atoms with Crippen LogP contribution in [-0.4, -0.2) is 29.1 Å². The number of halogens is 1. The molecular weight excluding hydrogens is 264 g/mol. The monoisotopic (exact) mass is 276 g/mol. The van der Waals surface area contributed by atoms with Crippen LogP contribution in [0.2, 0.25) is 5.15 Å². The molecule has 3 rings (SSSR count). The van der Waals surface area contributed by atoms with Gasteiger partial charge in [-0.3, -0.25) is 9.97 Å². The normalized spacial score (nSPS) is 16.8. The van der Waals surface area contributed by atoms with Crippen molar-refractivity contribution in [2.45, 2.75) is 13.0 Å². The Kier molecular flexibility index (Phi) is 2.78. The summed E-state index contributed by atoms with van der Waals surface area (Å²) in [6.07, 6.45) is 4.99. The van der Waals surface area contributed by atoms with Gasteiger partial charge in [-0.25, -0.2) is 4.98 Å². The number of anilines is 1. The van der Waals surface area contributed by atoms with Crippen LogP contribution in [0.3, 0.4) is 0 Å². The van der Waals surface area contributed by atoms with E-state index < -0.39 is 0 Å². The van der Waals surface area contributed by atoms with Crippen LogP contribution in [0.5, 0.6) is 5.75 Å². The molecule has 0 bridgehead atoms. The lowest BCUT2D eigenvalue weighted by molar-refractivity contribution is 0.414. The maximum Gasteiger partial charge on any atom is 0.153 e. The Hall–Kier alpha value is -1.88. The fourth-order valence-electron chi connectivity index (χ4n) is 2.39. The van der Waals surface area contributed by atoms with Gasteiger partial charge in [-0.15, -0.1) is 0 Å². The standard InChI is InChI=1S/C13H13ClN4O/c1-7-10-11(16-5-4-15-10)9-8(19-3)6-17-13(14)12(9)18(7)2/h4-7H,1-3H3. The molecule has 0 radical (unpaired) electrons. The minimum absolute atomic E-state index is 0.0857. The summed E-state index contributed by atoms with van der Waals surface area (Å²) in [7, 11) is 3.58. The zero-order chi connectivity index (χ0) is 13.6. The molecule has 2 aromatic rings. The molecule has 1 aliphatic rings. The highest BCUT2D eigenvalue weighted by molar-refractivity contribution is 6.33. The van der Waals surface area contributed by atoms with Gasteiger partial charge in [0, 0.05) is 19.4 Å². The number of nitrogens with zero attached hydrogens (tertiary/aromatic N) is 4. The third-order valence-corrected chi connectivity index (χ3v) is 3.76. The van der Waals surface area contributed by atoms with Gasteiger partial charge in [-0.2, -0.15) is 0 Å². The second kappa shape index (κ2) is 4.35. The van der Waals surface area contributed by atoms with E-state index in [4.69, 9.17) is 16.3 Å². The minimum Gasteiger partial charge on any atom is -0.494 e. The molecule has 19 heavy (non-hydrogen) atoms. The van der Waals surface area contributed by atoms with Crippen molar-refractivity contribution >= 4 is 17.3 Å². The molecule has 98 valence electrons. The lowest BCUT2D eigenvalue weighted by atomic mass is 9.98. The van der Waals surface area contributed by atoms with Crippen molar-refractivity contribution in [2.24, 2.45) is 0 Å². The number of hydrogen-bond acceptors (Lipinski definition) is 5. The Bertz CT molecular complexity index is 647. The number of pyridine rings is 1. The molecule has 0 amide bonds. The van der Waals surface area contributed by atoms with Gasteiger partial charge < -0.3 is 9.64 Å². The van der Waals surface area contributed by atoms with Crippen LogP contribution in [0.4, 0.5) is 5.69 Å². The Morgan fingerprint density at radius 2 is 2.00 bits per heavy atom. The SMILES string of the molecule is COc1cnc(Cl)c2c1-c1nccnc1C(C)N2C. The van der Waals surface area contributed by atoms with E-state index >= 15 is 0 Å². The fourth-order valence-corrected chi connectivity index (χ4v) is 2.67. The quantitative estimate of drug-likeness (QED) is 0.750. The molecule has 0 N–H and O–H groups in total. The summed E-state index contributed by atoms with van der Waals surface area (Å²) in [6, 6.07) is 0.0857. The molecule has 5 nitrogen and oxygen atoms in total. The van der Waals surface area contributed by atoms with E-state index in [1.54, 1.807) is 25.7 Å². The van der Waals surface area contributed by atoms with Crippen molar-refractivity contribution < 1.29 is 4.74 Å². The largest absolute Gasteiger partial charge is 0.494 e. The predicted octanol–water partition coefficient (Wildman–Crippen LogP) is 2.71. The van der Waals surface area contributed by atoms with Crippen LogP contribution in [0, 0.1) is 0 Å². The van der Waals surface area contributed by atoms with E-state index in [1.165, 1.54) is 0 Å². The molecule has 0 aliphatic carbocycles. The van der Waals surface area contributed by atoms with Crippen LogP contribution in [0.15, 0.2) is 18.6 Å². The van der Waals surface area contributed by atoms with Crippen molar-refractivity contribution in [1.29, 1.82) is 0 Å².